The van der Waals surface area contributed by atoms with E-state index in [1.54, 1.807) is 0 Å². The van der Waals surface area contributed by atoms with Gasteiger partial charge in [0.15, 0.2) is 17.4 Å². The third-order valence-corrected chi connectivity index (χ3v) is 7.32. The number of hydrogen-bond donors (Lipinski definition) is 1. The first-order valence-corrected chi connectivity index (χ1v) is 13.9. The van der Waals surface area contributed by atoms with Crippen LogP contribution in [0.3, 0.4) is 0 Å². The number of halogens is 1. The molecular weight excluding hydrogens is 497 g/mol. The normalized spacial score (nSPS) is 14.6. The molecule has 0 atom stereocenters. The Labute approximate surface area is 229 Å². The lowest BCUT2D eigenvalue weighted by atomic mass is 9.92. The molecule has 0 aliphatic carbocycles. The van der Waals surface area contributed by atoms with Gasteiger partial charge in [0.05, 0.1) is 12.8 Å². The molecule has 0 radical (unpaired) electrons. The molecule has 1 N–H and O–H groups in total. The monoisotopic (exact) mass is 537 g/mol. The number of aromatic nitrogens is 3. The van der Waals surface area contributed by atoms with Gasteiger partial charge in [0.2, 0.25) is 5.91 Å². The Morgan fingerprint density at radius 2 is 1.87 bits per heavy atom. The summed E-state index contributed by atoms with van der Waals surface area (Å²) in [5, 5.41) is 7.37. The van der Waals surface area contributed by atoms with Gasteiger partial charge >= 0.3 is 5.69 Å². The van der Waals surface area contributed by atoms with Crippen molar-refractivity contribution in [1.82, 2.24) is 24.6 Å². The summed E-state index contributed by atoms with van der Waals surface area (Å²) in [4.78, 5) is 28.6. The number of ether oxygens (including phenoxy) is 1. The van der Waals surface area contributed by atoms with E-state index in [2.05, 4.69) is 22.2 Å². The van der Waals surface area contributed by atoms with Crippen LogP contribution in [0.15, 0.2) is 47.3 Å². The standard InChI is InChI=1S/C30H40FN5O3/c1-5-6-22-13-16-34(17-14-22)18-15-23-7-10-25(11-8-23)36-30(38)35(20-28(37)32-21(2)3)29(33-36)24-9-12-26(31)27(19-24)39-4/h7-12,19,21-22H,5-6,13-18,20H2,1-4H3,(H,32,37). The van der Waals surface area contributed by atoms with Crippen LogP contribution in [0.2, 0.25) is 0 Å². The average molecular weight is 538 g/mol. The minimum Gasteiger partial charge on any atom is -0.494 e. The Bertz CT molecular complexity index is 1310. The maximum absolute atomic E-state index is 14.1. The van der Waals surface area contributed by atoms with Crippen molar-refractivity contribution < 1.29 is 13.9 Å². The van der Waals surface area contributed by atoms with Crippen molar-refractivity contribution in [3.63, 3.8) is 0 Å². The molecule has 1 saturated heterocycles. The number of hydrogen-bond acceptors (Lipinski definition) is 5. The molecule has 1 fully saturated rings. The van der Waals surface area contributed by atoms with E-state index in [9.17, 15) is 14.0 Å². The molecule has 1 aromatic heterocycles. The molecule has 0 unspecified atom stereocenters. The Kier molecular flexibility index (Phi) is 9.56. The summed E-state index contributed by atoms with van der Waals surface area (Å²) in [6.07, 6.45) is 6.12. The molecule has 4 rings (SSSR count). The van der Waals surface area contributed by atoms with Gasteiger partial charge in [-0.15, -0.1) is 5.10 Å². The Balaban J connectivity index is 1.54. The predicted molar refractivity (Wildman–Crippen MR) is 151 cm³/mol. The molecule has 39 heavy (non-hydrogen) atoms. The van der Waals surface area contributed by atoms with Crippen LogP contribution in [-0.4, -0.2) is 57.9 Å². The molecule has 1 amide bonds. The lowest BCUT2D eigenvalue weighted by molar-refractivity contribution is -0.122. The van der Waals surface area contributed by atoms with E-state index in [4.69, 9.17) is 4.74 Å². The van der Waals surface area contributed by atoms with Crippen molar-refractivity contribution in [3.8, 4) is 22.8 Å². The van der Waals surface area contributed by atoms with Crippen molar-refractivity contribution in [3.05, 3.63) is 64.3 Å². The van der Waals surface area contributed by atoms with Crippen molar-refractivity contribution >= 4 is 5.91 Å². The number of amides is 1. The molecular formula is C30H40FN5O3. The van der Waals surface area contributed by atoms with Crippen molar-refractivity contribution in [2.75, 3.05) is 26.7 Å². The molecule has 2 aromatic carbocycles. The van der Waals surface area contributed by atoms with E-state index in [1.807, 2.05) is 38.1 Å². The summed E-state index contributed by atoms with van der Waals surface area (Å²) in [6.45, 7) is 9.11. The first-order valence-electron chi connectivity index (χ1n) is 13.9. The first-order chi connectivity index (χ1) is 18.8. The molecule has 0 bridgehead atoms. The van der Waals surface area contributed by atoms with Gasteiger partial charge in [0, 0.05) is 18.2 Å². The van der Waals surface area contributed by atoms with Gasteiger partial charge < -0.3 is 15.0 Å². The molecule has 8 nitrogen and oxygen atoms in total. The van der Waals surface area contributed by atoms with Gasteiger partial charge in [0.1, 0.15) is 6.54 Å². The van der Waals surface area contributed by atoms with Gasteiger partial charge in [-0.1, -0.05) is 31.9 Å². The van der Waals surface area contributed by atoms with Gasteiger partial charge in [0.25, 0.3) is 0 Å². The van der Waals surface area contributed by atoms with Gasteiger partial charge in [-0.25, -0.2) is 9.18 Å². The van der Waals surface area contributed by atoms with Crippen LogP contribution in [0.5, 0.6) is 5.75 Å². The highest BCUT2D eigenvalue weighted by atomic mass is 19.1. The van der Waals surface area contributed by atoms with Crippen LogP contribution >= 0.6 is 0 Å². The zero-order chi connectivity index (χ0) is 27.9. The second-order valence-electron chi connectivity index (χ2n) is 10.7. The third-order valence-electron chi connectivity index (χ3n) is 7.32. The minimum atomic E-state index is -0.520. The van der Waals surface area contributed by atoms with E-state index in [1.165, 1.54) is 65.8 Å². The number of likely N-dealkylation sites (tertiary alicyclic amines) is 1. The minimum absolute atomic E-state index is 0.0339. The summed E-state index contributed by atoms with van der Waals surface area (Å²) >= 11 is 0. The number of nitrogens with one attached hydrogen (secondary N) is 1. The zero-order valence-corrected chi connectivity index (χ0v) is 23.5. The summed E-state index contributed by atoms with van der Waals surface area (Å²) in [5.41, 5.74) is 1.82. The number of benzene rings is 2. The quantitative estimate of drug-likeness (QED) is 0.392. The number of nitrogens with zero attached hydrogens (tertiary/aromatic N) is 4. The van der Waals surface area contributed by atoms with E-state index in [0.29, 0.717) is 11.3 Å². The highest BCUT2D eigenvalue weighted by Crippen LogP contribution is 2.25. The number of rotatable bonds is 11. The third kappa shape index (κ3) is 7.15. The molecule has 9 heteroatoms. The SMILES string of the molecule is CCCC1CCN(CCc2ccc(-n3nc(-c4ccc(F)c(OC)c4)n(CC(=O)NC(C)C)c3=O)cc2)CC1. The van der Waals surface area contributed by atoms with Crippen LogP contribution in [0.4, 0.5) is 4.39 Å². The van der Waals surface area contributed by atoms with Crippen LogP contribution in [0, 0.1) is 11.7 Å². The maximum Gasteiger partial charge on any atom is 0.351 e. The predicted octanol–water partition coefficient (Wildman–Crippen LogP) is 4.43. The van der Waals surface area contributed by atoms with Crippen LogP contribution in [-0.2, 0) is 17.8 Å². The Morgan fingerprint density at radius 3 is 2.51 bits per heavy atom. The molecule has 2 heterocycles. The van der Waals surface area contributed by atoms with Gasteiger partial charge in [-0.2, -0.15) is 4.68 Å². The largest absolute Gasteiger partial charge is 0.494 e. The summed E-state index contributed by atoms with van der Waals surface area (Å²) < 4.78 is 21.8. The summed E-state index contributed by atoms with van der Waals surface area (Å²) in [6, 6.07) is 12.0. The van der Waals surface area contributed by atoms with E-state index in [0.717, 1.165) is 32.0 Å². The number of carbonyl (C=O) groups excluding carboxylic acids is 1. The average Bonchev–Trinajstić information content (AvgIpc) is 3.24. The van der Waals surface area contributed by atoms with E-state index >= 15 is 0 Å². The van der Waals surface area contributed by atoms with Gasteiger partial charge in [-0.05, 0) is 88.0 Å². The second kappa shape index (κ2) is 13.1. The molecule has 0 spiro atoms. The summed E-state index contributed by atoms with van der Waals surface area (Å²) in [5.74, 6) is 0.337. The van der Waals surface area contributed by atoms with Gasteiger partial charge in [-0.3, -0.25) is 9.36 Å². The lowest BCUT2D eigenvalue weighted by Crippen LogP contribution is -2.36. The fraction of sp³-hybridized carbons (Fsp3) is 0.500. The Morgan fingerprint density at radius 1 is 1.15 bits per heavy atom. The molecule has 3 aromatic rings. The maximum atomic E-state index is 14.1. The smallest absolute Gasteiger partial charge is 0.351 e. The second-order valence-corrected chi connectivity index (χ2v) is 10.7. The topological polar surface area (TPSA) is 81.4 Å². The zero-order valence-electron chi connectivity index (χ0n) is 23.5. The summed E-state index contributed by atoms with van der Waals surface area (Å²) in [7, 11) is 1.37. The number of carbonyl (C=O) groups is 1. The molecule has 1 aliphatic rings. The van der Waals surface area contributed by atoms with Crippen molar-refractivity contribution in [2.24, 2.45) is 5.92 Å². The molecule has 1 aliphatic heterocycles. The molecule has 210 valence electrons. The first kappa shape index (κ1) is 28.5. The lowest BCUT2D eigenvalue weighted by Gasteiger charge is -2.31. The van der Waals surface area contributed by atoms with E-state index in [-0.39, 0.29) is 30.1 Å². The fourth-order valence-electron chi connectivity index (χ4n) is 5.23. The van der Waals surface area contributed by atoms with Crippen LogP contribution < -0.4 is 15.7 Å². The van der Waals surface area contributed by atoms with E-state index < -0.39 is 11.5 Å². The Hall–Kier alpha value is -3.46. The number of piperidine rings is 1. The van der Waals surface area contributed by atoms with Crippen LogP contribution in [0.25, 0.3) is 17.1 Å². The highest BCUT2D eigenvalue weighted by Gasteiger charge is 2.21. The fourth-order valence-corrected chi connectivity index (χ4v) is 5.23. The highest BCUT2D eigenvalue weighted by molar-refractivity contribution is 5.76. The molecule has 0 saturated carbocycles. The van der Waals surface area contributed by atoms with Crippen molar-refractivity contribution in [2.45, 2.75) is 65.5 Å². The van der Waals surface area contributed by atoms with Crippen LogP contribution in [0.1, 0.15) is 52.0 Å². The number of methoxy groups -OCH3 is 1. The van der Waals surface area contributed by atoms with Crippen molar-refractivity contribution in [1.29, 1.82) is 0 Å².